The quantitative estimate of drug-likeness (QED) is 0.842. The van der Waals surface area contributed by atoms with Crippen molar-refractivity contribution in [1.29, 1.82) is 0 Å². The van der Waals surface area contributed by atoms with Gasteiger partial charge < -0.3 is 4.90 Å². The van der Waals surface area contributed by atoms with Gasteiger partial charge in [-0.2, -0.15) is 0 Å². The first kappa shape index (κ1) is 13.5. The molecule has 0 radical (unpaired) electrons. The third kappa shape index (κ3) is 3.00. The van der Waals surface area contributed by atoms with Crippen LogP contribution in [0.2, 0.25) is 0 Å². The van der Waals surface area contributed by atoms with Crippen molar-refractivity contribution in [3.05, 3.63) is 60.2 Å². The van der Waals surface area contributed by atoms with Gasteiger partial charge in [-0.1, -0.05) is 36.4 Å². The summed E-state index contributed by atoms with van der Waals surface area (Å²) >= 11 is 1.71. The summed E-state index contributed by atoms with van der Waals surface area (Å²) in [5.74, 6) is 0. The number of rotatable bonds is 5. The average Bonchev–Trinajstić information content (AvgIpc) is 2.92. The van der Waals surface area contributed by atoms with E-state index in [2.05, 4.69) is 65.1 Å². The predicted octanol–water partition coefficient (Wildman–Crippen LogP) is 3.73. The molecule has 0 aromatic heterocycles. The molecule has 2 aromatic carbocycles. The molecule has 0 saturated heterocycles. The van der Waals surface area contributed by atoms with Gasteiger partial charge in [0, 0.05) is 29.7 Å². The van der Waals surface area contributed by atoms with Gasteiger partial charge >= 0.3 is 0 Å². The van der Waals surface area contributed by atoms with Gasteiger partial charge in [0.2, 0.25) is 0 Å². The van der Waals surface area contributed by atoms with Crippen LogP contribution in [0.3, 0.4) is 0 Å². The van der Waals surface area contributed by atoms with E-state index < -0.39 is 0 Å². The molecule has 0 bridgehead atoms. The lowest BCUT2D eigenvalue weighted by molar-refractivity contribution is 0.645. The Morgan fingerprint density at radius 2 is 1.85 bits per heavy atom. The summed E-state index contributed by atoms with van der Waals surface area (Å²) in [7, 11) is 0. The van der Waals surface area contributed by atoms with Crippen LogP contribution in [0.4, 0.5) is 5.69 Å². The van der Waals surface area contributed by atoms with Crippen LogP contribution >= 0.6 is 11.9 Å². The second-order valence-electron chi connectivity index (χ2n) is 5.18. The Morgan fingerprint density at radius 3 is 2.70 bits per heavy atom. The number of hydrogen-bond donors (Lipinski definition) is 1. The molecule has 2 nitrogen and oxygen atoms in total. The molecule has 3 rings (SSSR count). The molecule has 0 amide bonds. The topological polar surface area (TPSA) is 15.3 Å². The summed E-state index contributed by atoms with van der Waals surface area (Å²) in [6, 6.07) is 19.7. The van der Waals surface area contributed by atoms with Crippen LogP contribution in [-0.2, 0) is 6.42 Å². The van der Waals surface area contributed by atoms with Gasteiger partial charge in [-0.05, 0) is 49.1 Å². The minimum Gasteiger partial charge on any atom is -0.367 e. The highest BCUT2D eigenvalue weighted by Crippen LogP contribution is 2.29. The van der Waals surface area contributed by atoms with E-state index in [-0.39, 0.29) is 0 Å². The Morgan fingerprint density at radius 1 is 1.10 bits per heavy atom. The number of benzene rings is 2. The lowest BCUT2D eigenvalue weighted by Gasteiger charge is -2.27. The van der Waals surface area contributed by atoms with Gasteiger partial charge in [0.05, 0.1) is 0 Å². The Balaban J connectivity index is 1.54. The van der Waals surface area contributed by atoms with Crippen LogP contribution in [0.15, 0.2) is 59.5 Å². The van der Waals surface area contributed by atoms with Gasteiger partial charge in [-0.15, -0.1) is 0 Å². The van der Waals surface area contributed by atoms with E-state index in [1.807, 2.05) is 6.07 Å². The maximum Gasteiger partial charge on any atom is 0.0402 e. The van der Waals surface area contributed by atoms with Crippen LogP contribution in [0.25, 0.3) is 0 Å². The van der Waals surface area contributed by atoms with E-state index in [9.17, 15) is 0 Å². The van der Waals surface area contributed by atoms with Crippen molar-refractivity contribution in [3.63, 3.8) is 0 Å². The highest BCUT2D eigenvalue weighted by atomic mass is 32.2. The molecule has 1 N–H and O–H groups in total. The molecule has 1 aliphatic heterocycles. The summed E-state index contributed by atoms with van der Waals surface area (Å²) in [5.41, 5.74) is 2.89. The molecule has 0 aliphatic carbocycles. The number of hydrogen-bond acceptors (Lipinski definition) is 3. The van der Waals surface area contributed by atoms with Crippen molar-refractivity contribution >= 4 is 17.6 Å². The summed E-state index contributed by atoms with van der Waals surface area (Å²) in [5, 5.41) is 0. The third-order valence-electron chi connectivity index (χ3n) is 3.77. The highest BCUT2D eigenvalue weighted by Gasteiger charge is 2.22. The lowest BCUT2D eigenvalue weighted by Crippen LogP contribution is -2.37. The SMILES string of the molecule is CC(CNSc1ccccc1)N1CCc2ccccc21. The van der Waals surface area contributed by atoms with Crippen molar-refractivity contribution in [2.24, 2.45) is 0 Å². The summed E-state index contributed by atoms with van der Waals surface area (Å²) < 4.78 is 3.48. The van der Waals surface area contributed by atoms with Gasteiger partial charge in [-0.25, -0.2) is 0 Å². The fourth-order valence-corrected chi connectivity index (χ4v) is 3.45. The minimum absolute atomic E-state index is 0.509. The van der Waals surface area contributed by atoms with Gasteiger partial charge in [0.25, 0.3) is 0 Å². The number of nitrogens with one attached hydrogen (secondary N) is 1. The van der Waals surface area contributed by atoms with E-state index in [4.69, 9.17) is 0 Å². The fraction of sp³-hybridized carbons (Fsp3) is 0.294. The highest BCUT2D eigenvalue weighted by molar-refractivity contribution is 7.97. The second-order valence-corrected chi connectivity index (χ2v) is 6.15. The maximum atomic E-state index is 3.48. The standard InChI is InChI=1S/C17H20N2S/c1-14(13-18-20-16-8-3-2-4-9-16)19-12-11-15-7-5-6-10-17(15)19/h2-10,14,18H,11-13H2,1H3. The third-order valence-corrected chi connectivity index (χ3v) is 4.59. The van der Waals surface area contributed by atoms with E-state index in [0.717, 1.165) is 13.1 Å². The molecule has 1 unspecified atom stereocenters. The lowest BCUT2D eigenvalue weighted by atomic mass is 10.2. The van der Waals surface area contributed by atoms with Gasteiger partial charge in [0.15, 0.2) is 0 Å². The Hall–Kier alpha value is -1.45. The Labute approximate surface area is 125 Å². The summed E-state index contributed by atoms with van der Waals surface area (Å²) in [4.78, 5) is 3.77. The van der Waals surface area contributed by atoms with Crippen molar-refractivity contribution < 1.29 is 0 Å². The van der Waals surface area contributed by atoms with Crippen LogP contribution in [-0.4, -0.2) is 19.1 Å². The van der Waals surface area contributed by atoms with Crippen molar-refractivity contribution in [3.8, 4) is 0 Å². The number of para-hydroxylation sites is 1. The monoisotopic (exact) mass is 284 g/mol. The number of nitrogens with zero attached hydrogens (tertiary/aromatic N) is 1. The first-order valence-corrected chi connectivity index (χ1v) is 7.95. The zero-order valence-electron chi connectivity index (χ0n) is 11.8. The molecule has 0 saturated carbocycles. The number of fused-ring (bicyclic) bond motifs is 1. The smallest absolute Gasteiger partial charge is 0.0402 e. The van der Waals surface area contributed by atoms with Crippen LogP contribution in [0.1, 0.15) is 12.5 Å². The van der Waals surface area contributed by atoms with Crippen molar-refractivity contribution in [1.82, 2.24) is 4.72 Å². The zero-order valence-corrected chi connectivity index (χ0v) is 12.6. The van der Waals surface area contributed by atoms with Crippen LogP contribution in [0, 0.1) is 0 Å². The summed E-state index contributed by atoms with van der Waals surface area (Å²) in [6.07, 6.45) is 1.17. The zero-order chi connectivity index (χ0) is 13.8. The molecule has 0 spiro atoms. The second kappa shape index (κ2) is 6.33. The molecule has 104 valence electrons. The molecule has 3 heteroatoms. The first-order valence-electron chi connectivity index (χ1n) is 7.14. The largest absolute Gasteiger partial charge is 0.367 e. The van der Waals surface area contributed by atoms with E-state index >= 15 is 0 Å². The fourth-order valence-electron chi connectivity index (χ4n) is 2.67. The molecular weight excluding hydrogens is 264 g/mol. The van der Waals surface area contributed by atoms with Crippen LogP contribution < -0.4 is 9.62 Å². The van der Waals surface area contributed by atoms with E-state index in [0.29, 0.717) is 6.04 Å². The number of anilines is 1. The molecule has 1 atom stereocenters. The molecule has 2 aromatic rings. The summed E-state index contributed by atoms with van der Waals surface area (Å²) in [6.45, 7) is 4.41. The predicted molar refractivity (Wildman–Crippen MR) is 87.3 cm³/mol. The van der Waals surface area contributed by atoms with E-state index in [1.54, 1.807) is 11.9 Å². The van der Waals surface area contributed by atoms with Crippen molar-refractivity contribution in [2.75, 3.05) is 18.0 Å². The Bertz CT molecular complexity index is 556. The van der Waals surface area contributed by atoms with E-state index in [1.165, 1.54) is 22.6 Å². The molecule has 0 fully saturated rings. The normalized spacial score (nSPS) is 15.2. The minimum atomic E-state index is 0.509. The van der Waals surface area contributed by atoms with Gasteiger partial charge in [0.1, 0.15) is 0 Å². The van der Waals surface area contributed by atoms with Gasteiger partial charge in [-0.3, -0.25) is 4.72 Å². The average molecular weight is 284 g/mol. The molecule has 1 heterocycles. The maximum absolute atomic E-state index is 3.48. The first-order chi connectivity index (χ1) is 9.84. The molecular formula is C17H20N2S. The molecule has 20 heavy (non-hydrogen) atoms. The Kier molecular flexibility index (Phi) is 4.28. The molecule has 1 aliphatic rings. The van der Waals surface area contributed by atoms with Crippen molar-refractivity contribution in [2.45, 2.75) is 24.3 Å². The van der Waals surface area contributed by atoms with Crippen LogP contribution in [0.5, 0.6) is 0 Å².